The van der Waals surface area contributed by atoms with Gasteiger partial charge >= 0.3 is 0 Å². The van der Waals surface area contributed by atoms with Crippen molar-refractivity contribution in [2.24, 2.45) is 0 Å². The van der Waals surface area contributed by atoms with Crippen LogP contribution in [-0.2, 0) is 16.4 Å². The molecule has 1 aromatic heterocycles. The number of aromatic nitrogens is 2. The van der Waals surface area contributed by atoms with Crippen molar-refractivity contribution in [3.05, 3.63) is 47.9 Å². The van der Waals surface area contributed by atoms with E-state index in [9.17, 15) is 8.42 Å². The summed E-state index contributed by atoms with van der Waals surface area (Å²) in [6.07, 6.45) is 2.94. The number of imidazole rings is 1. The highest BCUT2D eigenvalue weighted by atomic mass is 32.2. The van der Waals surface area contributed by atoms with Gasteiger partial charge in [0, 0.05) is 6.54 Å². The van der Waals surface area contributed by atoms with Crippen molar-refractivity contribution in [2.75, 3.05) is 6.54 Å². The van der Waals surface area contributed by atoms with Gasteiger partial charge in [-0.1, -0.05) is 30.3 Å². The predicted molar refractivity (Wildman–Crippen MR) is 73.3 cm³/mol. The fraction of sp³-hybridized carbons (Fsp3) is 0.308. The molecule has 0 aliphatic carbocycles. The molecule has 6 heteroatoms. The highest BCUT2D eigenvalue weighted by Crippen LogP contribution is 2.06. The largest absolute Gasteiger partial charge is 0.332 e. The van der Waals surface area contributed by atoms with E-state index in [0.717, 1.165) is 12.8 Å². The molecule has 0 saturated heterocycles. The maximum Gasteiger partial charge on any atom is 0.257 e. The van der Waals surface area contributed by atoms with Crippen LogP contribution in [0.25, 0.3) is 0 Å². The smallest absolute Gasteiger partial charge is 0.257 e. The number of hydrogen-bond acceptors (Lipinski definition) is 3. The van der Waals surface area contributed by atoms with Crippen LogP contribution in [0.15, 0.2) is 41.6 Å². The number of benzene rings is 1. The molecule has 102 valence electrons. The molecule has 2 rings (SSSR count). The number of H-pyrrole nitrogens is 1. The maximum atomic E-state index is 11.9. The van der Waals surface area contributed by atoms with Crippen molar-refractivity contribution in [1.29, 1.82) is 0 Å². The van der Waals surface area contributed by atoms with Gasteiger partial charge in [-0.3, -0.25) is 0 Å². The van der Waals surface area contributed by atoms with Gasteiger partial charge in [-0.15, -0.1) is 0 Å². The Morgan fingerprint density at radius 1 is 1.26 bits per heavy atom. The Bertz CT molecular complexity index is 620. The van der Waals surface area contributed by atoms with Crippen LogP contribution in [0.1, 0.15) is 17.8 Å². The van der Waals surface area contributed by atoms with Crippen LogP contribution in [-0.4, -0.2) is 24.9 Å². The molecule has 0 fully saturated rings. The van der Waals surface area contributed by atoms with Gasteiger partial charge in [0.2, 0.25) is 0 Å². The summed E-state index contributed by atoms with van der Waals surface area (Å²) in [4.78, 5) is 6.60. The topological polar surface area (TPSA) is 74.8 Å². The molecule has 0 aliphatic heterocycles. The van der Waals surface area contributed by atoms with Crippen molar-refractivity contribution >= 4 is 10.0 Å². The van der Waals surface area contributed by atoms with Gasteiger partial charge in [0.1, 0.15) is 5.82 Å². The maximum absolute atomic E-state index is 11.9. The molecule has 0 bridgehead atoms. The monoisotopic (exact) mass is 279 g/mol. The molecule has 1 heterocycles. The van der Waals surface area contributed by atoms with E-state index in [0.29, 0.717) is 12.4 Å². The van der Waals surface area contributed by atoms with Gasteiger partial charge in [0.25, 0.3) is 10.0 Å². The molecular formula is C13H17N3O2S. The molecule has 19 heavy (non-hydrogen) atoms. The average Bonchev–Trinajstić information content (AvgIpc) is 2.84. The fourth-order valence-electron chi connectivity index (χ4n) is 1.76. The van der Waals surface area contributed by atoms with Crippen LogP contribution in [0.3, 0.4) is 0 Å². The van der Waals surface area contributed by atoms with Crippen LogP contribution in [0.2, 0.25) is 0 Å². The number of aryl methyl sites for hydroxylation is 2. The first-order valence-electron chi connectivity index (χ1n) is 6.13. The SMILES string of the molecule is Cc1ncc(S(=O)(=O)NCCCc2ccccc2)[nH]1. The molecule has 0 atom stereocenters. The Morgan fingerprint density at radius 2 is 2.00 bits per heavy atom. The van der Waals surface area contributed by atoms with Crippen molar-refractivity contribution in [1.82, 2.24) is 14.7 Å². The van der Waals surface area contributed by atoms with Gasteiger partial charge < -0.3 is 4.98 Å². The average molecular weight is 279 g/mol. The van der Waals surface area contributed by atoms with E-state index >= 15 is 0 Å². The first-order chi connectivity index (χ1) is 9.08. The summed E-state index contributed by atoms with van der Waals surface area (Å²) >= 11 is 0. The summed E-state index contributed by atoms with van der Waals surface area (Å²) in [5.41, 5.74) is 1.21. The standard InChI is InChI=1S/C13H17N3O2S/c1-11-14-10-13(16-11)19(17,18)15-9-5-8-12-6-3-2-4-7-12/h2-4,6-7,10,15H,5,8-9H2,1H3,(H,14,16). The van der Waals surface area contributed by atoms with E-state index in [4.69, 9.17) is 0 Å². The molecule has 0 spiro atoms. The van der Waals surface area contributed by atoms with E-state index in [1.54, 1.807) is 6.92 Å². The zero-order chi connectivity index (χ0) is 13.7. The van der Waals surface area contributed by atoms with Crippen molar-refractivity contribution < 1.29 is 8.42 Å². The lowest BCUT2D eigenvalue weighted by molar-refractivity contribution is 0.575. The number of hydrogen-bond donors (Lipinski definition) is 2. The third kappa shape index (κ3) is 3.90. The van der Waals surface area contributed by atoms with Gasteiger partial charge in [-0.25, -0.2) is 18.1 Å². The molecular weight excluding hydrogens is 262 g/mol. The lowest BCUT2D eigenvalue weighted by Gasteiger charge is -2.04. The molecule has 0 aliphatic rings. The van der Waals surface area contributed by atoms with Crippen molar-refractivity contribution in [2.45, 2.75) is 24.8 Å². The zero-order valence-electron chi connectivity index (χ0n) is 10.8. The molecule has 0 radical (unpaired) electrons. The second-order valence-electron chi connectivity index (χ2n) is 4.32. The highest BCUT2D eigenvalue weighted by Gasteiger charge is 2.15. The molecule has 0 amide bonds. The number of rotatable bonds is 6. The Hall–Kier alpha value is -1.66. The Kier molecular flexibility index (Phi) is 4.34. The van der Waals surface area contributed by atoms with E-state index in [2.05, 4.69) is 14.7 Å². The van der Waals surface area contributed by atoms with Crippen LogP contribution in [0.5, 0.6) is 0 Å². The Morgan fingerprint density at radius 3 is 2.63 bits per heavy atom. The van der Waals surface area contributed by atoms with Crippen LogP contribution < -0.4 is 4.72 Å². The summed E-state index contributed by atoms with van der Waals surface area (Å²) in [7, 11) is -3.46. The van der Waals surface area contributed by atoms with Gasteiger partial charge in [0.05, 0.1) is 6.20 Å². The van der Waals surface area contributed by atoms with Gasteiger partial charge in [-0.2, -0.15) is 0 Å². The van der Waals surface area contributed by atoms with E-state index in [-0.39, 0.29) is 5.03 Å². The Balaban J connectivity index is 1.83. The molecule has 0 unspecified atom stereocenters. The lowest BCUT2D eigenvalue weighted by Crippen LogP contribution is -2.25. The van der Waals surface area contributed by atoms with Gasteiger partial charge in [-0.05, 0) is 25.3 Å². The summed E-state index contributed by atoms with van der Waals surface area (Å²) in [5.74, 6) is 0.588. The third-order valence-electron chi connectivity index (χ3n) is 2.75. The van der Waals surface area contributed by atoms with Crippen LogP contribution in [0.4, 0.5) is 0 Å². The molecule has 1 aromatic carbocycles. The lowest BCUT2D eigenvalue weighted by atomic mass is 10.1. The third-order valence-corrected chi connectivity index (χ3v) is 4.12. The fourth-order valence-corrected chi connectivity index (χ4v) is 2.80. The predicted octanol–water partition coefficient (Wildman–Crippen LogP) is 1.63. The molecule has 5 nitrogen and oxygen atoms in total. The van der Waals surface area contributed by atoms with E-state index < -0.39 is 10.0 Å². The van der Waals surface area contributed by atoms with Crippen molar-refractivity contribution in [3.8, 4) is 0 Å². The second-order valence-corrected chi connectivity index (χ2v) is 6.06. The minimum atomic E-state index is -3.46. The second kappa shape index (κ2) is 5.99. The molecule has 2 aromatic rings. The number of nitrogens with one attached hydrogen (secondary N) is 2. The Labute approximate surface area is 113 Å². The molecule has 0 saturated carbocycles. The summed E-state index contributed by atoms with van der Waals surface area (Å²) in [5, 5.41) is 0.115. The first-order valence-corrected chi connectivity index (χ1v) is 7.61. The zero-order valence-corrected chi connectivity index (χ0v) is 11.6. The molecule has 2 N–H and O–H groups in total. The summed E-state index contributed by atoms with van der Waals surface area (Å²) < 4.78 is 26.3. The number of aromatic amines is 1. The highest BCUT2D eigenvalue weighted by molar-refractivity contribution is 7.89. The minimum absolute atomic E-state index is 0.115. The van der Waals surface area contributed by atoms with E-state index in [1.165, 1.54) is 11.8 Å². The first kappa shape index (κ1) is 13.8. The minimum Gasteiger partial charge on any atom is -0.332 e. The normalized spacial score (nSPS) is 11.6. The van der Waals surface area contributed by atoms with E-state index in [1.807, 2.05) is 30.3 Å². The number of sulfonamides is 1. The van der Waals surface area contributed by atoms with Gasteiger partial charge in [0.15, 0.2) is 5.03 Å². The van der Waals surface area contributed by atoms with Crippen LogP contribution in [0, 0.1) is 6.92 Å². The van der Waals surface area contributed by atoms with Crippen molar-refractivity contribution in [3.63, 3.8) is 0 Å². The summed E-state index contributed by atoms with van der Waals surface area (Å²) in [6.45, 7) is 2.13. The number of nitrogens with zero attached hydrogens (tertiary/aromatic N) is 1. The quantitative estimate of drug-likeness (QED) is 0.789. The van der Waals surface area contributed by atoms with Crippen LogP contribution >= 0.6 is 0 Å². The summed E-state index contributed by atoms with van der Waals surface area (Å²) in [6, 6.07) is 9.99.